The number of hydrogen-bond donors (Lipinski definition) is 1. The summed E-state index contributed by atoms with van der Waals surface area (Å²) >= 11 is 2.70. The number of amides is 1. The number of hydrogen-bond acceptors (Lipinski definition) is 6. The molecule has 28 heavy (non-hydrogen) atoms. The van der Waals surface area contributed by atoms with E-state index in [9.17, 15) is 4.79 Å². The predicted molar refractivity (Wildman–Crippen MR) is 116 cm³/mol. The molecule has 1 amide bonds. The van der Waals surface area contributed by atoms with E-state index in [0.29, 0.717) is 27.8 Å². The molecule has 2 aromatic rings. The second-order valence-corrected chi connectivity index (χ2v) is 8.40. The highest BCUT2D eigenvalue weighted by Gasteiger charge is 2.37. The first-order valence-electron chi connectivity index (χ1n) is 8.80. The van der Waals surface area contributed by atoms with E-state index in [1.165, 1.54) is 0 Å². The summed E-state index contributed by atoms with van der Waals surface area (Å²) in [6.07, 6.45) is 1.57. The molecule has 1 N–H and O–H groups in total. The fraction of sp³-hybridized carbons (Fsp3) is 0.200. The Morgan fingerprint density at radius 2 is 2.04 bits per heavy atom. The molecule has 3 heterocycles. The number of nitrogens with zero attached hydrogens (tertiary/aromatic N) is 3. The van der Waals surface area contributed by atoms with E-state index < -0.39 is 5.91 Å². The van der Waals surface area contributed by atoms with E-state index in [2.05, 4.69) is 23.2 Å². The van der Waals surface area contributed by atoms with Crippen LogP contribution in [0.15, 0.2) is 61.8 Å². The summed E-state index contributed by atoms with van der Waals surface area (Å²) in [5.41, 5.74) is 1.14. The van der Waals surface area contributed by atoms with E-state index in [1.54, 1.807) is 28.8 Å². The molecular formula is C20H18N4O2S2. The van der Waals surface area contributed by atoms with Crippen LogP contribution in [0, 0.1) is 11.3 Å². The van der Waals surface area contributed by atoms with Crippen molar-refractivity contribution < 1.29 is 9.21 Å². The normalized spacial score (nSPS) is 18.0. The number of benzene rings is 1. The number of amidine groups is 3. The molecular weight excluding hydrogens is 392 g/mol. The molecule has 0 unspecified atom stereocenters. The van der Waals surface area contributed by atoms with Crippen LogP contribution in [0.2, 0.25) is 0 Å². The van der Waals surface area contributed by atoms with Crippen LogP contribution >= 0.6 is 23.7 Å². The van der Waals surface area contributed by atoms with Crippen molar-refractivity contribution >= 4 is 51.9 Å². The number of thioether (sulfide) groups is 1. The molecule has 0 atom stereocenters. The summed E-state index contributed by atoms with van der Waals surface area (Å²) < 4.78 is 10.2. The average molecular weight is 411 g/mol. The zero-order valence-electron chi connectivity index (χ0n) is 15.4. The Morgan fingerprint density at radius 3 is 2.79 bits per heavy atom. The Kier molecular flexibility index (Phi) is 5.23. The molecule has 4 rings (SSSR count). The summed E-state index contributed by atoms with van der Waals surface area (Å²) in [6.45, 7) is 4.25. The van der Waals surface area contributed by atoms with Gasteiger partial charge >= 0.3 is 0 Å². The number of fused-ring (bicyclic) bond motifs is 1. The molecule has 0 saturated carbocycles. The Hall–Kier alpha value is -2.58. The average Bonchev–Trinajstić information content (AvgIpc) is 3.31. The molecule has 0 aliphatic carbocycles. The minimum Gasteiger partial charge on any atom is -0.457 e. The number of nitrogens with one attached hydrogen (secondary N) is 1. The minimum atomic E-state index is -0.452. The lowest BCUT2D eigenvalue weighted by Crippen LogP contribution is -2.41. The SMILES string of the molecule is CC(C)CSC1=NSC2=NC(=O)/C(=C\c3ccc(-c4ccccc4)o3)C(=N)N12. The van der Waals surface area contributed by atoms with Gasteiger partial charge in [0.1, 0.15) is 17.4 Å². The van der Waals surface area contributed by atoms with Gasteiger partial charge in [0.25, 0.3) is 5.91 Å². The first-order valence-corrected chi connectivity index (χ1v) is 10.6. The van der Waals surface area contributed by atoms with Crippen molar-refractivity contribution in [3.8, 4) is 11.3 Å². The molecule has 6 nitrogen and oxygen atoms in total. The Labute approximate surface area is 171 Å². The van der Waals surface area contributed by atoms with Crippen LogP contribution in [0.4, 0.5) is 0 Å². The van der Waals surface area contributed by atoms with Gasteiger partial charge in [-0.15, -0.1) is 0 Å². The van der Waals surface area contributed by atoms with Crippen LogP contribution in [-0.4, -0.2) is 32.7 Å². The van der Waals surface area contributed by atoms with Crippen molar-refractivity contribution in [2.24, 2.45) is 15.3 Å². The van der Waals surface area contributed by atoms with E-state index in [4.69, 9.17) is 9.83 Å². The molecule has 0 radical (unpaired) electrons. The standard InChI is InChI=1S/C20H18N4O2S2/c1-12(2)11-27-20-23-28-19-22-18(25)15(17(21)24(19)20)10-14-8-9-16(26-14)13-6-4-3-5-7-13/h3-10,12,21H,11H2,1-2H3/b15-10-,21-17?. The smallest absolute Gasteiger partial charge is 0.283 e. The van der Waals surface area contributed by atoms with Gasteiger partial charge < -0.3 is 4.42 Å². The molecule has 0 spiro atoms. The molecule has 0 fully saturated rings. The maximum atomic E-state index is 12.5. The van der Waals surface area contributed by atoms with Gasteiger partial charge in [-0.1, -0.05) is 55.9 Å². The fourth-order valence-corrected chi connectivity index (χ4v) is 4.46. The van der Waals surface area contributed by atoms with Gasteiger partial charge in [0.05, 0.1) is 17.5 Å². The number of carbonyl (C=O) groups is 1. The number of furan rings is 1. The Balaban J connectivity index is 1.60. The maximum Gasteiger partial charge on any atom is 0.283 e. The van der Waals surface area contributed by atoms with Crippen LogP contribution in [0.1, 0.15) is 19.6 Å². The zero-order valence-corrected chi connectivity index (χ0v) is 17.0. The lowest BCUT2D eigenvalue weighted by Gasteiger charge is -2.24. The van der Waals surface area contributed by atoms with Crippen molar-refractivity contribution in [3.63, 3.8) is 0 Å². The summed E-state index contributed by atoms with van der Waals surface area (Å²) in [6, 6.07) is 13.4. The lowest BCUT2D eigenvalue weighted by atomic mass is 10.1. The third-order valence-electron chi connectivity index (χ3n) is 4.01. The van der Waals surface area contributed by atoms with E-state index >= 15 is 0 Å². The van der Waals surface area contributed by atoms with E-state index in [0.717, 1.165) is 23.3 Å². The third kappa shape index (κ3) is 3.70. The topological polar surface area (TPSA) is 82.0 Å². The molecule has 1 aromatic carbocycles. The summed E-state index contributed by atoms with van der Waals surface area (Å²) in [4.78, 5) is 18.2. The van der Waals surface area contributed by atoms with E-state index in [-0.39, 0.29) is 11.4 Å². The predicted octanol–water partition coefficient (Wildman–Crippen LogP) is 4.91. The molecule has 2 aliphatic rings. The largest absolute Gasteiger partial charge is 0.457 e. The molecule has 8 heteroatoms. The van der Waals surface area contributed by atoms with Crippen LogP contribution in [0.3, 0.4) is 0 Å². The van der Waals surface area contributed by atoms with Crippen molar-refractivity contribution in [2.45, 2.75) is 13.8 Å². The van der Waals surface area contributed by atoms with Gasteiger partial charge in [-0.25, -0.2) is 4.90 Å². The highest BCUT2D eigenvalue weighted by molar-refractivity contribution is 8.19. The summed E-state index contributed by atoms with van der Waals surface area (Å²) in [5.74, 6) is 2.21. The number of rotatable bonds is 4. The van der Waals surface area contributed by atoms with Crippen molar-refractivity contribution in [2.75, 3.05) is 5.75 Å². The van der Waals surface area contributed by atoms with Crippen molar-refractivity contribution in [3.05, 3.63) is 53.8 Å². The highest BCUT2D eigenvalue weighted by atomic mass is 32.2. The zero-order chi connectivity index (χ0) is 19.7. The second-order valence-electron chi connectivity index (χ2n) is 6.68. The first-order chi connectivity index (χ1) is 13.5. The quantitative estimate of drug-likeness (QED) is 0.572. The van der Waals surface area contributed by atoms with Gasteiger partial charge in [0.15, 0.2) is 5.17 Å². The second kappa shape index (κ2) is 7.81. The Bertz CT molecular complexity index is 1020. The van der Waals surface area contributed by atoms with E-state index in [1.807, 2.05) is 36.4 Å². The third-order valence-corrected chi connectivity index (χ3v) is 6.19. The van der Waals surface area contributed by atoms with Gasteiger partial charge in [-0.3, -0.25) is 10.2 Å². The lowest BCUT2D eigenvalue weighted by molar-refractivity contribution is -0.114. The van der Waals surface area contributed by atoms with Crippen LogP contribution in [0.5, 0.6) is 0 Å². The molecule has 0 bridgehead atoms. The van der Waals surface area contributed by atoms with Gasteiger partial charge in [0.2, 0.25) is 5.17 Å². The molecule has 1 aromatic heterocycles. The molecule has 2 aliphatic heterocycles. The van der Waals surface area contributed by atoms with Gasteiger partial charge in [-0.2, -0.15) is 9.39 Å². The first kappa shape index (κ1) is 18.8. The number of aliphatic imine (C=N–C) groups is 1. The van der Waals surface area contributed by atoms with Gasteiger partial charge in [-0.05, 0) is 24.1 Å². The minimum absolute atomic E-state index is 0.0765. The van der Waals surface area contributed by atoms with Crippen molar-refractivity contribution in [1.29, 1.82) is 5.41 Å². The monoisotopic (exact) mass is 410 g/mol. The maximum absolute atomic E-state index is 12.5. The summed E-state index contributed by atoms with van der Waals surface area (Å²) in [5, 5.41) is 9.67. The molecule has 142 valence electrons. The Morgan fingerprint density at radius 1 is 1.25 bits per heavy atom. The van der Waals surface area contributed by atoms with Crippen LogP contribution in [0.25, 0.3) is 17.4 Å². The van der Waals surface area contributed by atoms with Crippen LogP contribution in [-0.2, 0) is 4.79 Å². The van der Waals surface area contributed by atoms with Crippen molar-refractivity contribution in [1.82, 2.24) is 4.90 Å². The fourth-order valence-electron chi connectivity index (χ4n) is 2.67. The summed E-state index contributed by atoms with van der Waals surface area (Å²) in [7, 11) is 0. The highest BCUT2D eigenvalue weighted by Crippen LogP contribution is 2.33. The number of carbonyl (C=O) groups excluding carboxylic acids is 1. The van der Waals surface area contributed by atoms with Crippen LogP contribution < -0.4 is 0 Å². The van der Waals surface area contributed by atoms with Gasteiger partial charge in [0, 0.05) is 11.3 Å². The molecule has 0 saturated heterocycles.